The molecule has 0 atom stereocenters. The van der Waals surface area contributed by atoms with Crippen molar-refractivity contribution in [3.63, 3.8) is 0 Å². The molecule has 120 valence electrons. The molecule has 2 aromatic heterocycles. The van der Waals surface area contributed by atoms with Gasteiger partial charge < -0.3 is 14.5 Å². The standard InChI is InChI=1S/C18H15N3O3/c1-23-14-6-4-13(5-7-14)16(11-15-3-2-10-24-15)18(22)21-17-8-9-19-12-20-17/h2-12H,1H3,(H,19,20,21,22)/b16-11+. The number of carbonyl (C=O) groups excluding carboxylic acids is 1. The second kappa shape index (κ2) is 7.23. The average Bonchev–Trinajstić information content (AvgIpc) is 3.14. The number of anilines is 1. The molecular formula is C18H15N3O3. The number of benzene rings is 1. The summed E-state index contributed by atoms with van der Waals surface area (Å²) < 4.78 is 10.5. The first-order valence-electron chi connectivity index (χ1n) is 7.23. The number of ether oxygens (including phenoxy) is 1. The second-order valence-corrected chi connectivity index (χ2v) is 4.85. The van der Waals surface area contributed by atoms with Crippen LogP contribution in [0.25, 0.3) is 11.6 Å². The first-order valence-corrected chi connectivity index (χ1v) is 7.23. The van der Waals surface area contributed by atoms with Crippen LogP contribution in [0.2, 0.25) is 0 Å². The minimum atomic E-state index is -0.296. The van der Waals surface area contributed by atoms with Gasteiger partial charge in [-0.15, -0.1) is 0 Å². The van der Waals surface area contributed by atoms with E-state index in [4.69, 9.17) is 9.15 Å². The Bertz CT molecular complexity index is 826. The Hall–Kier alpha value is -3.41. The molecule has 0 saturated heterocycles. The van der Waals surface area contributed by atoms with E-state index in [9.17, 15) is 4.79 Å². The van der Waals surface area contributed by atoms with Gasteiger partial charge in [0, 0.05) is 6.20 Å². The molecule has 1 N–H and O–H groups in total. The molecule has 3 rings (SSSR count). The summed E-state index contributed by atoms with van der Waals surface area (Å²) in [4.78, 5) is 20.5. The molecule has 6 nitrogen and oxygen atoms in total. The SMILES string of the molecule is COc1ccc(/C(=C\c2ccco2)C(=O)Nc2ccncn2)cc1. The van der Waals surface area contributed by atoms with Crippen LogP contribution in [-0.2, 0) is 4.79 Å². The summed E-state index contributed by atoms with van der Waals surface area (Å²) in [5, 5.41) is 2.75. The maximum absolute atomic E-state index is 12.7. The highest BCUT2D eigenvalue weighted by atomic mass is 16.5. The van der Waals surface area contributed by atoms with Gasteiger partial charge in [0.1, 0.15) is 23.7 Å². The summed E-state index contributed by atoms with van der Waals surface area (Å²) in [7, 11) is 1.59. The van der Waals surface area contributed by atoms with E-state index < -0.39 is 0 Å². The van der Waals surface area contributed by atoms with Gasteiger partial charge >= 0.3 is 0 Å². The van der Waals surface area contributed by atoms with Crippen molar-refractivity contribution in [2.24, 2.45) is 0 Å². The molecule has 0 radical (unpaired) electrons. The van der Waals surface area contributed by atoms with Crippen LogP contribution >= 0.6 is 0 Å². The number of hydrogen-bond acceptors (Lipinski definition) is 5. The van der Waals surface area contributed by atoms with Gasteiger partial charge in [-0.1, -0.05) is 12.1 Å². The van der Waals surface area contributed by atoms with Crippen molar-refractivity contribution in [3.8, 4) is 5.75 Å². The third kappa shape index (κ3) is 3.67. The maximum atomic E-state index is 12.7. The summed E-state index contributed by atoms with van der Waals surface area (Å²) in [6.07, 6.45) is 6.17. The zero-order chi connectivity index (χ0) is 16.8. The van der Waals surface area contributed by atoms with E-state index in [0.717, 1.165) is 5.56 Å². The number of furan rings is 1. The fraction of sp³-hybridized carbons (Fsp3) is 0.0556. The number of aromatic nitrogens is 2. The topological polar surface area (TPSA) is 77.2 Å². The van der Waals surface area contributed by atoms with Gasteiger partial charge in [-0.3, -0.25) is 4.79 Å². The van der Waals surface area contributed by atoms with Crippen LogP contribution in [0.1, 0.15) is 11.3 Å². The fourth-order valence-electron chi connectivity index (χ4n) is 2.11. The molecule has 24 heavy (non-hydrogen) atoms. The molecule has 0 bridgehead atoms. The first-order chi connectivity index (χ1) is 11.8. The third-order valence-electron chi connectivity index (χ3n) is 3.30. The lowest BCUT2D eigenvalue weighted by Gasteiger charge is -2.09. The number of nitrogens with one attached hydrogen (secondary N) is 1. The van der Waals surface area contributed by atoms with E-state index >= 15 is 0 Å². The Morgan fingerprint density at radius 2 is 2.04 bits per heavy atom. The Morgan fingerprint density at radius 1 is 1.21 bits per heavy atom. The van der Waals surface area contributed by atoms with Gasteiger partial charge in [0.15, 0.2) is 0 Å². The minimum Gasteiger partial charge on any atom is -0.497 e. The van der Waals surface area contributed by atoms with Gasteiger partial charge in [-0.2, -0.15) is 0 Å². The third-order valence-corrected chi connectivity index (χ3v) is 3.30. The summed E-state index contributed by atoms with van der Waals surface area (Å²) >= 11 is 0. The molecule has 0 fully saturated rings. The van der Waals surface area contributed by atoms with E-state index in [0.29, 0.717) is 22.9 Å². The van der Waals surface area contributed by atoms with Crippen LogP contribution in [0.3, 0.4) is 0 Å². The van der Waals surface area contributed by atoms with Crippen LogP contribution in [0.5, 0.6) is 5.75 Å². The highest BCUT2D eigenvalue weighted by Crippen LogP contribution is 2.23. The average molecular weight is 321 g/mol. The van der Waals surface area contributed by atoms with Crippen molar-refractivity contribution in [2.75, 3.05) is 12.4 Å². The Balaban J connectivity index is 1.93. The highest BCUT2D eigenvalue weighted by Gasteiger charge is 2.14. The van der Waals surface area contributed by atoms with Gasteiger partial charge in [0.25, 0.3) is 5.91 Å². The smallest absolute Gasteiger partial charge is 0.257 e. The van der Waals surface area contributed by atoms with Crippen LogP contribution in [-0.4, -0.2) is 23.0 Å². The van der Waals surface area contributed by atoms with Crippen LogP contribution in [0.15, 0.2) is 65.7 Å². The van der Waals surface area contributed by atoms with Crippen molar-refractivity contribution < 1.29 is 13.9 Å². The van der Waals surface area contributed by atoms with Gasteiger partial charge in [0.2, 0.25) is 0 Å². The molecule has 0 spiro atoms. The normalized spacial score (nSPS) is 11.1. The number of rotatable bonds is 5. The van der Waals surface area contributed by atoms with Crippen LogP contribution < -0.4 is 10.1 Å². The molecule has 0 saturated carbocycles. The van der Waals surface area contributed by atoms with Crippen LogP contribution in [0, 0.1) is 0 Å². The number of amides is 1. The number of nitrogens with zero attached hydrogens (tertiary/aromatic N) is 2. The Kier molecular flexibility index (Phi) is 4.67. The fourth-order valence-corrected chi connectivity index (χ4v) is 2.11. The monoisotopic (exact) mass is 321 g/mol. The molecular weight excluding hydrogens is 306 g/mol. The van der Waals surface area contributed by atoms with E-state index in [2.05, 4.69) is 15.3 Å². The lowest BCUT2D eigenvalue weighted by Crippen LogP contribution is -2.14. The van der Waals surface area contributed by atoms with Gasteiger partial charge in [0.05, 0.1) is 18.9 Å². The van der Waals surface area contributed by atoms with Crippen molar-refractivity contribution in [3.05, 3.63) is 72.6 Å². The molecule has 0 unspecified atom stereocenters. The minimum absolute atomic E-state index is 0.296. The Morgan fingerprint density at radius 3 is 2.67 bits per heavy atom. The second-order valence-electron chi connectivity index (χ2n) is 4.85. The molecule has 0 aliphatic heterocycles. The molecule has 1 aromatic carbocycles. The molecule has 0 aliphatic carbocycles. The molecule has 6 heteroatoms. The van der Waals surface area contributed by atoms with E-state index in [1.165, 1.54) is 6.33 Å². The molecule has 2 heterocycles. The summed E-state index contributed by atoms with van der Waals surface area (Å²) in [5.41, 5.74) is 1.19. The summed E-state index contributed by atoms with van der Waals surface area (Å²) in [6, 6.07) is 12.4. The highest BCUT2D eigenvalue weighted by molar-refractivity contribution is 6.28. The van der Waals surface area contributed by atoms with E-state index in [-0.39, 0.29) is 5.91 Å². The Labute approximate surface area is 138 Å². The first kappa shape index (κ1) is 15.5. The summed E-state index contributed by atoms with van der Waals surface area (Å²) in [5.74, 6) is 1.43. The lowest BCUT2D eigenvalue weighted by atomic mass is 10.0. The van der Waals surface area contributed by atoms with Crippen molar-refractivity contribution in [2.45, 2.75) is 0 Å². The zero-order valence-corrected chi connectivity index (χ0v) is 13.0. The van der Waals surface area contributed by atoms with E-state index in [1.54, 1.807) is 56.0 Å². The predicted molar refractivity (Wildman–Crippen MR) is 90.2 cm³/mol. The summed E-state index contributed by atoms with van der Waals surface area (Å²) in [6.45, 7) is 0. The van der Waals surface area contributed by atoms with Crippen molar-refractivity contribution >= 4 is 23.4 Å². The zero-order valence-electron chi connectivity index (χ0n) is 13.0. The number of hydrogen-bond donors (Lipinski definition) is 1. The number of methoxy groups -OCH3 is 1. The van der Waals surface area contributed by atoms with Crippen molar-refractivity contribution in [1.29, 1.82) is 0 Å². The molecule has 1 amide bonds. The maximum Gasteiger partial charge on any atom is 0.257 e. The molecule has 0 aliphatic rings. The lowest BCUT2D eigenvalue weighted by molar-refractivity contribution is -0.111. The number of carbonyl (C=O) groups is 1. The van der Waals surface area contributed by atoms with Gasteiger partial charge in [-0.05, 0) is 42.0 Å². The largest absolute Gasteiger partial charge is 0.497 e. The van der Waals surface area contributed by atoms with Gasteiger partial charge in [-0.25, -0.2) is 9.97 Å². The predicted octanol–water partition coefficient (Wildman–Crippen LogP) is 3.26. The molecule has 3 aromatic rings. The van der Waals surface area contributed by atoms with Crippen molar-refractivity contribution in [1.82, 2.24) is 9.97 Å². The quantitative estimate of drug-likeness (QED) is 0.730. The van der Waals surface area contributed by atoms with Crippen LogP contribution in [0.4, 0.5) is 5.82 Å². The van der Waals surface area contributed by atoms with E-state index in [1.807, 2.05) is 12.1 Å².